The maximum Gasteiger partial charge on any atom is 0.137 e. The molecule has 1 aliphatic rings. The van der Waals surface area contributed by atoms with Gasteiger partial charge in [-0.15, -0.1) is 0 Å². The fraction of sp³-hybridized carbons (Fsp3) is 0.286. The standard InChI is InChI=1S/C35H37NO6/c1-39-32-22-27(34(40-2)31-14-7-6-13-30(31)32)24-42-33-23-36(35(37)38)20-19-29(33)26-15-17-28(18-16-26)41-21-9-8-12-25-10-4-3-5-11-25/h3-8,10-18,22,29,33H,9,19-21,23-24H2,1-2H3,(H,37,38)/p-1/b12-8+. The molecule has 2 atom stereocenters. The smallest absolute Gasteiger partial charge is 0.137 e. The molecule has 0 radical (unpaired) electrons. The van der Waals surface area contributed by atoms with Gasteiger partial charge < -0.3 is 33.7 Å². The van der Waals surface area contributed by atoms with E-state index in [0.29, 0.717) is 19.6 Å². The van der Waals surface area contributed by atoms with E-state index in [1.807, 2.05) is 72.8 Å². The number of methoxy groups -OCH3 is 2. The molecule has 0 N–H and O–H groups in total. The summed E-state index contributed by atoms with van der Waals surface area (Å²) < 4.78 is 23.8. The largest absolute Gasteiger partial charge is 0.530 e. The predicted octanol–water partition coefficient (Wildman–Crippen LogP) is 6.06. The van der Waals surface area contributed by atoms with Gasteiger partial charge in [0, 0.05) is 35.3 Å². The first-order valence-electron chi connectivity index (χ1n) is 14.2. The van der Waals surface area contributed by atoms with Gasteiger partial charge in [-0.3, -0.25) is 0 Å². The zero-order valence-electron chi connectivity index (χ0n) is 24.0. The summed E-state index contributed by atoms with van der Waals surface area (Å²) in [5.74, 6) is 2.25. The molecule has 4 aromatic carbocycles. The van der Waals surface area contributed by atoms with E-state index in [0.717, 1.165) is 45.6 Å². The number of ether oxygens (including phenoxy) is 4. The molecular weight excluding hydrogens is 530 g/mol. The number of rotatable bonds is 11. The highest BCUT2D eigenvalue weighted by Gasteiger charge is 2.32. The molecule has 7 nitrogen and oxygen atoms in total. The lowest BCUT2D eigenvalue weighted by Gasteiger charge is -2.40. The van der Waals surface area contributed by atoms with Crippen LogP contribution in [-0.2, 0) is 11.3 Å². The van der Waals surface area contributed by atoms with Crippen LogP contribution in [0.25, 0.3) is 16.8 Å². The number of carbonyl (C=O) groups excluding carboxylic acids is 1. The van der Waals surface area contributed by atoms with Crippen molar-refractivity contribution in [3.05, 3.63) is 108 Å². The summed E-state index contributed by atoms with van der Waals surface area (Å²) in [6.07, 6.45) is 4.08. The summed E-state index contributed by atoms with van der Waals surface area (Å²) in [5.41, 5.74) is 3.08. The second-order valence-electron chi connectivity index (χ2n) is 10.3. The van der Waals surface area contributed by atoms with Crippen molar-refractivity contribution in [2.45, 2.75) is 31.5 Å². The normalized spacial score (nSPS) is 17.0. The quantitative estimate of drug-likeness (QED) is 0.206. The summed E-state index contributed by atoms with van der Waals surface area (Å²) in [6.45, 7) is 1.44. The fourth-order valence-corrected chi connectivity index (χ4v) is 5.56. The molecule has 1 aliphatic heterocycles. The molecule has 218 valence electrons. The van der Waals surface area contributed by atoms with Gasteiger partial charge >= 0.3 is 0 Å². The van der Waals surface area contributed by atoms with Crippen LogP contribution in [0.4, 0.5) is 4.79 Å². The van der Waals surface area contributed by atoms with Crippen molar-refractivity contribution in [3.63, 3.8) is 0 Å². The molecule has 0 spiro atoms. The fourth-order valence-electron chi connectivity index (χ4n) is 5.56. The van der Waals surface area contributed by atoms with Crippen molar-refractivity contribution in [1.29, 1.82) is 0 Å². The summed E-state index contributed by atoms with van der Waals surface area (Å²) in [5, 5.41) is 13.6. The molecule has 2 unspecified atom stereocenters. The third-order valence-electron chi connectivity index (χ3n) is 7.70. The molecule has 0 aliphatic carbocycles. The molecule has 1 saturated heterocycles. The van der Waals surface area contributed by atoms with Gasteiger partial charge in [0.2, 0.25) is 0 Å². The summed E-state index contributed by atoms with van der Waals surface area (Å²) in [4.78, 5) is 13.0. The number of piperidine rings is 1. The van der Waals surface area contributed by atoms with Crippen LogP contribution < -0.4 is 19.3 Å². The van der Waals surface area contributed by atoms with E-state index in [9.17, 15) is 9.90 Å². The van der Waals surface area contributed by atoms with Gasteiger partial charge in [0.15, 0.2) is 0 Å². The molecular formula is C35H36NO6-. The lowest BCUT2D eigenvalue weighted by atomic mass is 9.87. The second kappa shape index (κ2) is 13.9. The van der Waals surface area contributed by atoms with E-state index in [1.54, 1.807) is 14.2 Å². The van der Waals surface area contributed by atoms with E-state index in [-0.39, 0.29) is 25.2 Å². The maximum absolute atomic E-state index is 11.7. The van der Waals surface area contributed by atoms with E-state index in [1.165, 1.54) is 10.5 Å². The van der Waals surface area contributed by atoms with Gasteiger partial charge in [-0.1, -0.05) is 78.9 Å². The van der Waals surface area contributed by atoms with Crippen LogP contribution in [0.2, 0.25) is 0 Å². The average Bonchev–Trinajstić information content (AvgIpc) is 3.03. The van der Waals surface area contributed by atoms with Gasteiger partial charge in [0.05, 0.1) is 33.5 Å². The number of benzene rings is 4. The SMILES string of the molecule is COc1cc(COC2CN(C(=O)[O-])CCC2c2ccc(OCC/C=C/c3ccccc3)cc2)c(OC)c2ccccc12. The maximum atomic E-state index is 11.7. The first kappa shape index (κ1) is 29.0. The molecule has 0 saturated carbocycles. The molecule has 0 aromatic heterocycles. The van der Waals surface area contributed by atoms with Crippen LogP contribution in [0.5, 0.6) is 17.2 Å². The topological polar surface area (TPSA) is 80.3 Å². The van der Waals surface area contributed by atoms with Crippen LogP contribution in [0, 0.1) is 0 Å². The predicted molar refractivity (Wildman–Crippen MR) is 162 cm³/mol. The van der Waals surface area contributed by atoms with Crippen molar-refractivity contribution in [1.82, 2.24) is 4.90 Å². The molecule has 1 amide bonds. The van der Waals surface area contributed by atoms with Crippen LogP contribution in [0.3, 0.4) is 0 Å². The molecule has 0 bridgehead atoms. The van der Waals surface area contributed by atoms with E-state index in [4.69, 9.17) is 18.9 Å². The van der Waals surface area contributed by atoms with Crippen LogP contribution in [-0.4, -0.2) is 51.0 Å². The third kappa shape index (κ3) is 6.86. The highest BCUT2D eigenvalue weighted by Crippen LogP contribution is 2.38. The minimum atomic E-state index is -1.18. The Morgan fingerprint density at radius 1 is 0.952 bits per heavy atom. The molecule has 4 aromatic rings. The Kier molecular flexibility index (Phi) is 9.62. The van der Waals surface area contributed by atoms with Crippen molar-refractivity contribution >= 4 is 22.9 Å². The minimum Gasteiger partial charge on any atom is -0.530 e. The third-order valence-corrected chi connectivity index (χ3v) is 7.70. The average molecular weight is 567 g/mol. The van der Waals surface area contributed by atoms with E-state index in [2.05, 4.69) is 24.3 Å². The molecule has 42 heavy (non-hydrogen) atoms. The molecule has 5 rings (SSSR count). The summed E-state index contributed by atoms with van der Waals surface area (Å²) >= 11 is 0. The molecule has 1 heterocycles. The Bertz CT molecular complexity index is 1500. The lowest BCUT2D eigenvalue weighted by Crippen LogP contribution is -2.51. The zero-order valence-corrected chi connectivity index (χ0v) is 24.0. The Morgan fingerprint density at radius 3 is 2.40 bits per heavy atom. The highest BCUT2D eigenvalue weighted by atomic mass is 16.5. The molecule has 1 fully saturated rings. The summed E-state index contributed by atoms with van der Waals surface area (Å²) in [6, 6.07) is 28.0. The summed E-state index contributed by atoms with van der Waals surface area (Å²) in [7, 11) is 3.28. The number of carbonyl (C=O) groups is 1. The number of nitrogens with zero attached hydrogens (tertiary/aromatic N) is 1. The Balaban J connectivity index is 1.27. The van der Waals surface area contributed by atoms with Crippen molar-refractivity contribution in [2.75, 3.05) is 33.9 Å². The number of hydrogen-bond donors (Lipinski definition) is 0. The van der Waals surface area contributed by atoms with Crippen LogP contribution in [0.1, 0.15) is 35.4 Å². The van der Waals surface area contributed by atoms with Crippen LogP contribution in [0.15, 0.2) is 91.0 Å². The zero-order chi connectivity index (χ0) is 29.3. The van der Waals surface area contributed by atoms with Crippen molar-refractivity contribution in [2.24, 2.45) is 0 Å². The van der Waals surface area contributed by atoms with Crippen LogP contribution >= 0.6 is 0 Å². The first-order valence-corrected chi connectivity index (χ1v) is 14.2. The van der Waals surface area contributed by atoms with E-state index < -0.39 is 6.09 Å². The van der Waals surface area contributed by atoms with Crippen molar-refractivity contribution in [3.8, 4) is 17.2 Å². The number of fused-ring (bicyclic) bond motifs is 1. The number of likely N-dealkylation sites (tertiary alicyclic amines) is 1. The Hall–Kier alpha value is -4.49. The number of amides is 1. The first-order chi connectivity index (χ1) is 20.6. The monoisotopic (exact) mass is 566 g/mol. The highest BCUT2D eigenvalue weighted by molar-refractivity contribution is 5.94. The van der Waals surface area contributed by atoms with Crippen molar-refractivity contribution < 1.29 is 28.8 Å². The minimum absolute atomic E-state index is 0.0109. The van der Waals surface area contributed by atoms with Gasteiger partial charge in [-0.2, -0.15) is 0 Å². The molecule has 7 heteroatoms. The Labute approximate surface area is 246 Å². The van der Waals surface area contributed by atoms with Gasteiger partial charge in [0.1, 0.15) is 23.3 Å². The van der Waals surface area contributed by atoms with Gasteiger partial charge in [-0.05, 0) is 42.2 Å². The number of hydrogen-bond acceptors (Lipinski definition) is 6. The van der Waals surface area contributed by atoms with E-state index >= 15 is 0 Å². The van der Waals surface area contributed by atoms with Gasteiger partial charge in [0.25, 0.3) is 0 Å². The second-order valence-corrected chi connectivity index (χ2v) is 10.3. The lowest BCUT2D eigenvalue weighted by molar-refractivity contribution is -0.268. The van der Waals surface area contributed by atoms with Gasteiger partial charge in [-0.25, -0.2) is 0 Å². The Morgan fingerprint density at radius 2 is 1.69 bits per heavy atom. The number of carboxylic acid groups (broad SMARTS) is 1.